The minimum absolute atomic E-state index is 0. The van der Waals surface area contributed by atoms with E-state index in [1.54, 1.807) is 0 Å². The Kier molecular flexibility index (Phi) is 12.5. The number of aryl methyl sites for hydroxylation is 3. The summed E-state index contributed by atoms with van der Waals surface area (Å²) in [7, 11) is 0. The minimum atomic E-state index is -0.458. The Morgan fingerprint density at radius 2 is 1.94 bits per heavy atom. The zero-order valence-electron chi connectivity index (χ0n) is 21.7. The molecule has 0 saturated carbocycles. The zero-order chi connectivity index (χ0) is 23.7. The van der Waals surface area contributed by atoms with Crippen LogP contribution in [0.3, 0.4) is 0 Å². The number of hydrogen-bond donors (Lipinski definition) is 1. The highest BCUT2D eigenvalue weighted by molar-refractivity contribution is 14.0. The summed E-state index contributed by atoms with van der Waals surface area (Å²) in [6.07, 6.45) is 2.86. The second-order valence-corrected chi connectivity index (χ2v) is 9.69. The highest BCUT2D eigenvalue weighted by atomic mass is 127. The number of aromatic nitrogens is 2. The molecule has 1 amide bonds. The molecule has 0 spiro atoms. The average molecular weight is 577 g/mol. The number of aliphatic imine (C=N–C) groups is 1. The van der Waals surface area contributed by atoms with Crippen LogP contribution < -0.4 is 5.32 Å². The Balaban J connectivity index is 0.00000544. The fourth-order valence-corrected chi connectivity index (χ4v) is 4.03. The van der Waals surface area contributed by atoms with Crippen LogP contribution in [0.15, 0.2) is 11.1 Å². The average Bonchev–Trinajstić information content (AvgIpc) is 3.04. The first-order chi connectivity index (χ1) is 15.1. The van der Waals surface area contributed by atoms with E-state index in [-0.39, 0.29) is 30.1 Å². The van der Waals surface area contributed by atoms with Gasteiger partial charge >= 0.3 is 6.09 Å². The topological polar surface area (TPSA) is 75.0 Å². The van der Waals surface area contributed by atoms with E-state index in [0.29, 0.717) is 12.5 Å². The van der Waals surface area contributed by atoms with E-state index in [1.807, 2.05) is 39.5 Å². The van der Waals surface area contributed by atoms with E-state index in [1.165, 1.54) is 5.69 Å². The Labute approximate surface area is 217 Å². The van der Waals surface area contributed by atoms with E-state index < -0.39 is 5.60 Å². The monoisotopic (exact) mass is 576 g/mol. The lowest BCUT2D eigenvalue weighted by molar-refractivity contribution is 0.0214. The molecule has 2 heterocycles. The molecular weight excluding hydrogens is 531 g/mol. The second-order valence-electron chi connectivity index (χ2n) is 9.69. The molecule has 0 aliphatic carbocycles. The van der Waals surface area contributed by atoms with Gasteiger partial charge in [-0.2, -0.15) is 5.10 Å². The minimum Gasteiger partial charge on any atom is -0.444 e. The third kappa shape index (κ3) is 10.1. The summed E-state index contributed by atoms with van der Waals surface area (Å²) in [5.74, 6) is 1.49. The normalized spacial score (nSPS) is 15.2. The molecule has 190 valence electrons. The molecule has 33 heavy (non-hydrogen) atoms. The van der Waals surface area contributed by atoms with E-state index in [4.69, 9.17) is 9.73 Å². The van der Waals surface area contributed by atoms with Crippen molar-refractivity contribution in [3.05, 3.63) is 17.5 Å². The Morgan fingerprint density at radius 1 is 1.27 bits per heavy atom. The maximum Gasteiger partial charge on any atom is 0.410 e. The maximum atomic E-state index is 12.5. The lowest BCUT2D eigenvalue weighted by atomic mass is 9.96. The SMILES string of the molecule is CCNC(=NCCCn1nc(C)cc1C)N1CCC(CN(CC)C(=O)OC(C)(C)C)CC1.I. The second kappa shape index (κ2) is 14.0. The molecule has 9 heteroatoms. The number of nitrogens with one attached hydrogen (secondary N) is 1. The molecule has 0 radical (unpaired) electrons. The number of hydrogen-bond acceptors (Lipinski definition) is 4. The molecule has 0 unspecified atom stereocenters. The van der Waals surface area contributed by atoms with Crippen molar-refractivity contribution in [3.8, 4) is 0 Å². The predicted octanol–water partition coefficient (Wildman–Crippen LogP) is 4.44. The highest BCUT2D eigenvalue weighted by Crippen LogP contribution is 2.20. The molecule has 0 aromatic carbocycles. The van der Waals surface area contributed by atoms with E-state index >= 15 is 0 Å². The first-order valence-corrected chi connectivity index (χ1v) is 12.1. The molecule has 0 atom stereocenters. The third-order valence-electron chi connectivity index (χ3n) is 5.65. The summed E-state index contributed by atoms with van der Waals surface area (Å²) in [6, 6.07) is 2.11. The van der Waals surface area contributed by atoms with Gasteiger partial charge in [-0.15, -0.1) is 24.0 Å². The van der Waals surface area contributed by atoms with Crippen LogP contribution >= 0.6 is 24.0 Å². The highest BCUT2D eigenvalue weighted by Gasteiger charge is 2.27. The Morgan fingerprint density at radius 3 is 2.45 bits per heavy atom. The van der Waals surface area contributed by atoms with Gasteiger partial charge in [0.2, 0.25) is 0 Å². The molecule has 1 saturated heterocycles. The first kappa shape index (κ1) is 29.5. The molecular formula is C24H45IN6O2. The van der Waals surface area contributed by atoms with E-state index in [0.717, 1.165) is 70.2 Å². The lowest BCUT2D eigenvalue weighted by Gasteiger charge is -2.36. The van der Waals surface area contributed by atoms with Crippen molar-refractivity contribution in [3.63, 3.8) is 0 Å². The molecule has 2 rings (SSSR count). The Bertz CT molecular complexity index is 751. The van der Waals surface area contributed by atoms with Gasteiger partial charge in [-0.25, -0.2) is 4.79 Å². The smallest absolute Gasteiger partial charge is 0.410 e. The van der Waals surface area contributed by atoms with Crippen LogP contribution in [-0.2, 0) is 11.3 Å². The standard InChI is InChI=1S/C24H44N6O2.HI/c1-8-25-22(26-13-10-14-30-20(4)17-19(3)27-30)29-15-11-21(12-16-29)18-28(9-2)23(31)32-24(5,6)7;/h17,21H,8-16,18H2,1-7H3,(H,25,26);1H. The quantitative estimate of drug-likeness (QED) is 0.214. The molecule has 1 aromatic heterocycles. The molecule has 1 N–H and O–H groups in total. The van der Waals surface area contributed by atoms with Gasteiger partial charge in [0.1, 0.15) is 5.60 Å². The van der Waals surface area contributed by atoms with Crippen LogP contribution in [0.5, 0.6) is 0 Å². The zero-order valence-corrected chi connectivity index (χ0v) is 24.0. The first-order valence-electron chi connectivity index (χ1n) is 12.1. The number of amides is 1. The summed E-state index contributed by atoms with van der Waals surface area (Å²) >= 11 is 0. The summed E-state index contributed by atoms with van der Waals surface area (Å²) < 4.78 is 7.62. The number of likely N-dealkylation sites (tertiary alicyclic amines) is 1. The summed E-state index contributed by atoms with van der Waals surface area (Å²) in [4.78, 5) is 21.5. The number of carbonyl (C=O) groups is 1. The van der Waals surface area contributed by atoms with E-state index in [2.05, 4.69) is 39.9 Å². The number of carbonyl (C=O) groups excluding carboxylic acids is 1. The molecule has 0 bridgehead atoms. The largest absolute Gasteiger partial charge is 0.444 e. The number of guanidine groups is 1. The molecule has 1 aromatic rings. The van der Waals surface area contributed by atoms with E-state index in [9.17, 15) is 4.79 Å². The van der Waals surface area contributed by atoms with Crippen molar-refractivity contribution in [2.45, 2.75) is 79.9 Å². The van der Waals surface area contributed by atoms with Gasteiger partial charge in [-0.3, -0.25) is 9.67 Å². The molecule has 1 fully saturated rings. The van der Waals surface area contributed by atoms with Gasteiger partial charge in [-0.1, -0.05) is 0 Å². The van der Waals surface area contributed by atoms with Gasteiger partial charge in [-0.05, 0) is 79.7 Å². The Hall–Kier alpha value is -1.52. The lowest BCUT2D eigenvalue weighted by Crippen LogP contribution is -2.48. The van der Waals surface area contributed by atoms with Crippen LogP contribution in [0, 0.1) is 19.8 Å². The number of nitrogens with zero attached hydrogens (tertiary/aromatic N) is 5. The van der Waals surface area contributed by atoms with Crippen molar-refractivity contribution in [2.24, 2.45) is 10.9 Å². The van der Waals surface area contributed by atoms with Gasteiger partial charge in [0.05, 0.1) is 5.69 Å². The number of halogens is 1. The van der Waals surface area contributed by atoms with Gasteiger partial charge in [0.25, 0.3) is 0 Å². The van der Waals surface area contributed by atoms with Crippen molar-refractivity contribution in [2.75, 3.05) is 39.3 Å². The number of rotatable bonds is 8. The summed E-state index contributed by atoms with van der Waals surface area (Å²) in [6.45, 7) is 19.9. The van der Waals surface area contributed by atoms with Gasteiger partial charge in [0, 0.05) is 51.5 Å². The fourth-order valence-electron chi connectivity index (χ4n) is 4.03. The molecule has 1 aliphatic rings. The summed E-state index contributed by atoms with van der Waals surface area (Å²) in [5.41, 5.74) is 1.81. The van der Waals surface area contributed by atoms with Crippen LogP contribution in [0.25, 0.3) is 0 Å². The van der Waals surface area contributed by atoms with Crippen molar-refractivity contribution in [1.29, 1.82) is 0 Å². The number of piperidine rings is 1. The fraction of sp³-hybridized carbons (Fsp3) is 0.792. The molecule has 1 aliphatic heterocycles. The van der Waals surface area contributed by atoms with Crippen LogP contribution in [0.1, 0.15) is 65.3 Å². The third-order valence-corrected chi connectivity index (χ3v) is 5.65. The van der Waals surface area contributed by atoms with Crippen LogP contribution in [-0.4, -0.2) is 76.5 Å². The predicted molar refractivity (Wildman–Crippen MR) is 145 cm³/mol. The number of ether oxygens (including phenoxy) is 1. The van der Waals surface area contributed by atoms with Crippen LogP contribution in [0.2, 0.25) is 0 Å². The molecule has 8 nitrogen and oxygen atoms in total. The maximum absolute atomic E-state index is 12.5. The van der Waals surface area contributed by atoms with Crippen molar-refractivity contribution >= 4 is 36.0 Å². The van der Waals surface area contributed by atoms with Crippen molar-refractivity contribution < 1.29 is 9.53 Å². The van der Waals surface area contributed by atoms with Crippen LogP contribution in [0.4, 0.5) is 4.79 Å². The van der Waals surface area contributed by atoms with Gasteiger partial charge in [0.15, 0.2) is 5.96 Å². The summed E-state index contributed by atoms with van der Waals surface area (Å²) in [5, 5.41) is 7.98. The van der Waals surface area contributed by atoms with Gasteiger partial charge < -0.3 is 19.9 Å². The van der Waals surface area contributed by atoms with Crippen molar-refractivity contribution in [1.82, 2.24) is 24.9 Å².